The van der Waals surface area contributed by atoms with Crippen LogP contribution in [0.4, 0.5) is 5.69 Å². The van der Waals surface area contributed by atoms with Gasteiger partial charge in [0.25, 0.3) is 5.56 Å². The van der Waals surface area contributed by atoms with Gasteiger partial charge in [-0.3, -0.25) is 9.79 Å². The van der Waals surface area contributed by atoms with Crippen molar-refractivity contribution < 1.29 is 21.9 Å². The summed E-state index contributed by atoms with van der Waals surface area (Å²) in [5.74, 6) is -0.434. The second-order valence-electron chi connectivity index (χ2n) is 8.31. The molecule has 0 aliphatic carbocycles. The van der Waals surface area contributed by atoms with Gasteiger partial charge in [-0.25, -0.2) is 26.5 Å². The first kappa shape index (κ1) is 27.2. The van der Waals surface area contributed by atoms with Crippen LogP contribution in [0.5, 0.6) is 5.88 Å². The van der Waals surface area contributed by atoms with E-state index in [0.29, 0.717) is 11.1 Å². The molecule has 198 valence electrons. The van der Waals surface area contributed by atoms with Crippen molar-refractivity contribution in [3.8, 4) is 11.6 Å². The van der Waals surface area contributed by atoms with Gasteiger partial charge in [0, 0.05) is 30.1 Å². The number of nitrogens with two attached hydrogens (primary N) is 1. The van der Waals surface area contributed by atoms with E-state index in [9.17, 15) is 26.7 Å². The Morgan fingerprint density at radius 3 is 2.13 bits per heavy atom. The number of hydrogen-bond acceptors (Lipinski definition) is 7. The first-order valence-corrected chi connectivity index (χ1v) is 14.6. The second kappa shape index (κ2) is 10.5. The Labute approximate surface area is 220 Å². The molecule has 38 heavy (non-hydrogen) atoms. The molecular weight excluding hydrogens is 528 g/mol. The highest BCUT2D eigenvalue weighted by atomic mass is 32.2. The first-order chi connectivity index (χ1) is 18.0. The van der Waals surface area contributed by atoms with E-state index in [1.54, 1.807) is 38.1 Å². The molecule has 3 aromatic carbocycles. The highest BCUT2D eigenvalue weighted by Crippen LogP contribution is 2.28. The van der Waals surface area contributed by atoms with E-state index in [4.69, 9.17) is 5.14 Å². The van der Waals surface area contributed by atoms with Crippen LogP contribution in [-0.4, -0.2) is 50.1 Å². The summed E-state index contributed by atoms with van der Waals surface area (Å²) in [5, 5.41) is 17.1. The third kappa shape index (κ3) is 5.11. The highest BCUT2D eigenvalue weighted by molar-refractivity contribution is 7.89. The van der Waals surface area contributed by atoms with Gasteiger partial charge in [-0.2, -0.15) is 4.31 Å². The van der Waals surface area contributed by atoms with Crippen molar-refractivity contribution in [3.05, 3.63) is 88.7 Å². The fraction of sp³-hybridized carbons (Fsp3) is 0.154. The number of primary sulfonamides is 1. The molecule has 0 unspecified atom stereocenters. The van der Waals surface area contributed by atoms with Gasteiger partial charge < -0.3 is 5.11 Å². The van der Waals surface area contributed by atoms with E-state index in [1.165, 1.54) is 59.1 Å². The highest BCUT2D eigenvalue weighted by Gasteiger charge is 2.23. The van der Waals surface area contributed by atoms with Gasteiger partial charge in [0.05, 0.1) is 26.7 Å². The van der Waals surface area contributed by atoms with Gasteiger partial charge >= 0.3 is 0 Å². The molecule has 0 saturated heterocycles. The van der Waals surface area contributed by atoms with Crippen molar-refractivity contribution in [2.24, 2.45) is 10.1 Å². The zero-order chi connectivity index (χ0) is 27.7. The molecule has 0 fully saturated rings. The molecule has 0 bridgehead atoms. The fourth-order valence-corrected chi connectivity index (χ4v) is 6.10. The summed E-state index contributed by atoms with van der Waals surface area (Å²) in [6.07, 6.45) is 1.36. The first-order valence-electron chi connectivity index (χ1n) is 11.6. The van der Waals surface area contributed by atoms with E-state index < -0.39 is 31.5 Å². The molecule has 0 aliphatic heterocycles. The number of rotatable bonds is 8. The summed E-state index contributed by atoms with van der Waals surface area (Å²) in [7, 11) is -7.67. The van der Waals surface area contributed by atoms with Crippen LogP contribution in [0.25, 0.3) is 16.5 Å². The fourth-order valence-electron chi connectivity index (χ4n) is 4.09. The summed E-state index contributed by atoms with van der Waals surface area (Å²) >= 11 is 0. The Kier molecular flexibility index (Phi) is 7.51. The number of aliphatic imine (C=N–C) groups is 1. The number of aromatic nitrogens is 1. The Morgan fingerprint density at radius 2 is 1.53 bits per heavy atom. The van der Waals surface area contributed by atoms with Crippen LogP contribution in [-0.2, 0) is 20.0 Å². The lowest BCUT2D eigenvalue weighted by molar-refractivity contribution is 0.435. The van der Waals surface area contributed by atoms with E-state index in [1.807, 2.05) is 0 Å². The Hall–Kier alpha value is -3.84. The SMILES string of the molecule is CCN(CC)S(=O)(=O)c1cccc(-n2c(O)c(C=Nc3ccc(S(N)(=O)=O)cc3)c3ccccc3c2=O)c1. The van der Waals surface area contributed by atoms with E-state index in [2.05, 4.69) is 4.99 Å². The molecule has 0 atom stereocenters. The molecule has 1 heterocycles. The number of fused-ring (bicyclic) bond motifs is 1. The zero-order valence-electron chi connectivity index (χ0n) is 20.6. The molecule has 0 spiro atoms. The minimum absolute atomic E-state index is 0.0108. The molecule has 0 aliphatic rings. The maximum absolute atomic E-state index is 13.4. The molecule has 3 N–H and O–H groups in total. The van der Waals surface area contributed by atoms with Gasteiger partial charge in [-0.05, 0) is 48.5 Å². The zero-order valence-corrected chi connectivity index (χ0v) is 22.3. The van der Waals surface area contributed by atoms with Crippen LogP contribution in [0, 0.1) is 0 Å². The monoisotopic (exact) mass is 554 g/mol. The standard InChI is InChI=1S/C26H26N4O6S2/c1-3-29(4-2)38(35,36)21-9-7-8-19(16-21)30-25(31)23-11-6-5-10-22(23)24(26(30)32)17-28-18-12-14-20(15-13-18)37(27,33)34/h5-17,32H,3-4H2,1-2H3,(H2,27,33,34). The molecule has 4 rings (SSSR count). The molecule has 10 nitrogen and oxygen atoms in total. The van der Waals surface area contributed by atoms with Gasteiger partial charge in [0.15, 0.2) is 0 Å². The quantitative estimate of drug-likeness (QED) is 0.319. The lowest BCUT2D eigenvalue weighted by Gasteiger charge is -2.19. The topological polar surface area (TPSA) is 152 Å². The van der Waals surface area contributed by atoms with Gasteiger partial charge in [0.1, 0.15) is 0 Å². The third-order valence-corrected chi connectivity index (χ3v) is 9.01. The smallest absolute Gasteiger partial charge is 0.265 e. The van der Waals surface area contributed by atoms with Gasteiger partial charge in [-0.15, -0.1) is 0 Å². The number of hydrogen-bond donors (Lipinski definition) is 2. The number of nitrogens with zero attached hydrogens (tertiary/aromatic N) is 3. The van der Waals surface area contributed by atoms with Crippen molar-refractivity contribution in [2.75, 3.05) is 13.1 Å². The van der Waals surface area contributed by atoms with Crippen molar-refractivity contribution in [1.82, 2.24) is 8.87 Å². The third-order valence-electron chi connectivity index (χ3n) is 6.03. The summed E-state index contributed by atoms with van der Waals surface area (Å²) < 4.78 is 51.5. The average Bonchev–Trinajstić information content (AvgIpc) is 2.89. The van der Waals surface area contributed by atoms with Crippen LogP contribution in [0.1, 0.15) is 19.4 Å². The van der Waals surface area contributed by atoms with Crippen LogP contribution in [0.2, 0.25) is 0 Å². The number of aromatic hydroxyl groups is 1. The lowest BCUT2D eigenvalue weighted by Crippen LogP contribution is -2.30. The van der Waals surface area contributed by atoms with E-state index >= 15 is 0 Å². The van der Waals surface area contributed by atoms with Crippen molar-refractivity contribution in [2.45, 2.75) is 23.6 Å². The van der Waals surface area contributed by atoms with Crippen LogP contribution in [0.3, 0.4) is 0 Å². The molecule has 0 amide bonds. The van der Waals surface area contributed by atoms with E-state index in [-0.39, 0.29) is 39.5 Å². The minimum atomic E-state index is -3.86. The summed E-state index contributed by atoms with van der Waals surface area (Å²) in [6, 6.07) is 18.0. The summed E-state index contributed by atoms with van der Waals surface area (Å²) in [6.45, 7) is 4.03. The average molecular weight is 555 g/mol. The number of benzene rings is 3. The van der Waals surface area contributed by atoms with Gasteiger partial charge in [-0.1, -0.05) is 38.1 Å². The predicted octanol–water partition coefficient (Wildman–Crippen LogP) is 3.12. The minimum Gasteiger partial charge on any atom is -0.494 e. The molecule has 0 radical (unpaired) electrons. The van der Waals surface area contributed by atoms with Crippen LogP contribution in [0.15, 0.2) is 92.4 Å². The molecule has 0 saturated carbocycles. The maximum atomic E-state index is 13.4. The number of sulfonamides is 2. The molecule has 4 aromatic rings. The normalized spacial score (nSPS) is 12.5. The second-order valence-corrected chi connectivity index (χ2v) is 11.8. The number of pyridine rings is 1. The van der Waals surface area contributed by atoms with Crippen LogP contribution < -0.4 is 10.7 Å². The Bertz CT molecular complexity index is 1810. The Balaban J connectivity index is 1.89. The van der Waals surface area contributed by atoms with Gasteiger partial charge in [0.2, 0.25) is 25.9 Å². The molecule has 12 heteroatoms. The van der Waals surface area contributed by atoms with Crippen molar-refractivity contribution >= 4 is 42.7 Å². The predicted molar refractivity (Wildman–Crippen MR) is 146 cm³/mol. The Morgan fingerprint density at radius 1 is 0.895 bits per heavy atom. The molecule has 1 aromatic heterocycles. The van der Waals surface area contributed by atoms with Crippen molar-refractivity contribution in [3.63, 3.8) is 0 Å². The summed E-state index contributed by atoms with van der Waals surface area (Å²) in [5.41, 5.74) is 0.224. The molecular formula is C26H26N4O6S2. The summed E-state index contributed by atoms with van der Waals surface area (Å²) in [4.78, 5) is 17.7. The maximum Gasteiger partial charge on any atom is 0.265 e. The largest absolute Gasteiger partial charge is 0.494 e. The van der Waals surface area contributed by atoms with Crippen LogP contribution >= 0.6 is 0 Å². The van der Waals surface area contributed by atoms with Crippen molar-refractivity contribution in [1.29, 1.82) is 0 Å². The van der Waals surface area contributed by atoms with E-state index in [0.717, 1.165) is 4.57 Å². The lowest BCUT2D eigenvalue weighted by atomic mass is 10.1.